The minimum atomic E-state index is -3.76. The zero-order valence-corrected chi connectivity index (χ0v) is 20.6. The normalized spacial score (nSPS) is 20.4. The average molecular weight is 493 g/mol. The van der Waals surface area contributed by atoms with Crippen molar-refractivity contribution in [2.24, 2.45) is 5.92 Å². The van der Waals surface area contributed by atoms with E-state index in [4.69, 9.17) is 14.2 Å². The summed E-state index contributed by atoms with van der Waals surface area (Å²) in [6.07, 6.45) is 5.23. The summed E-state index contributed by atoms with van der Waals surface area (Å²) in [6, 6.07) is 17.9. The van der Waals surface area contributed by atoms with Crippen molar-refractivity contribution in [2.45, 2.75) is 23.3 Å². The summed E-state index contributed by atoms with van der Waals surface area (Å²) in [5.74, 6) is 2.36. The number of benzene rings is 3. The monoisotopic (exact) mass is 492 g/mol. The van der Waals surface area contributed by atoms with Gasteiger partial charge >= 0.3 is 0 Å². The topological polar surface area (TPSA) is 85.9 Å². The number of hydrogen-bond acceptors (Lipinski definition) is 6. The molecule has 0 unspecified atom stereocenters. The first-order valence-electron chi connectivity index (χ1n) is 11.4. The Bertz CT molecular complexity index is 1370. The van der Waals surface area contributed by atoms with Crippen LogP contribution in [0.25, 0.3) is 0 Å². The highest BCUT2D eigenvalue weighted by molar-refractivity contribution is 7.92. The van der Waals surface area contributed by atoms with Gasteiger partial charge in [-0.1, -0.05) is 24.3 Å². The van der Waals surface area contributed by atoms with Crippen LogP contribution in [0.15, 0.2) is 77.7 Å². The lowest BCUT2D eigenvalue weighted by molar-refractivity contribution is 0.341. The lowest BCUT2D eigenvalue weighted by Crippen LogP contribution is -2.29. The first-order valence-corrected chi connectivity index (χ1v) is 12.9. The van der Waals surface area contributed by atoms with Crippen LogP contribution in [0.5, 0.6) is 17.2 Å². The summed E-state index contributed by atoms with van der Waals surface area (Å²) in [4.78, 5) is 0.227. The van der Waals surface area contributed by atoms with Crippen LogP contribution in [-0.4, -0.2) is 29.7 Å². The fourth-order valence-corrected chi connectivity index (χ4v) is 6.17. The minimum Gasteiger partial charge on any atom is -0.497 e. The van der Waals surface area contributed by atoms with E-state index in [0.29, 0.717) is 22.9 Å². The van der Waals surface area contributed by atoms with E-state index >= 15 is 0 Å². The average Bonchev–Trinajstić information content (AvgIpc) is 3.38. The van der Waals surface area contributed by atoms with Gasteiger partial charge in [-0.3, -0.25) is 4.72 Å². The Balaban J connectivity index is 1.48. The molecule has 3 aromatic carbocycles. The third-order valence-corrected chi connectivity index (χ3v) is 8.13. The zero-order chi connectivity index (χ0) is 24.6. The number of sulfonamides is 1. The summed E-state index contributed by atoms with van der Waals surface area (Å²) in [7, 11) is 1.09. The summed E-state index contributed by atoms with van der Waals surface area (Å²) < 4.78 is 45.4. The summed E-state index contributed by atoms with van der Waals surface area (Å²) in [5.41, 5.74) is 3.38. The number of nitrogens with one attached hydrogen (secondary N) is 2. The molecule has 2 N–H and O–H groups in total. The highest BCUT2D eigenvalue weighted by Crippen LogP contribution is 2.52. The van der Waals surface area contributed by atoms with Gasteiger partial charge in [-0.2, -0.15) is 0 Å². The maximum atomic E-state index is 13.2. The fraction of sp³-hybridized carbons (Fsp3) is 0.259. The van der Waals surface area contributed by atoms with Crippen molar-refractivity contribution < 1.29 is 22.6 Å². The van der Waals surface area contributed by atoms with Gasteiger partial charge in [-0.15, -0.1) is 0 Å². The Morgan fingerprint density at radius 3 is 2.43 bits per heavy atom. The number of allylic oxidation sites excluding steroid dienone is 2. The number of anilines is 2. The van der Waals surface area contributed by atoms with E-state index in [-0.39, 0.29) is 22.8 Å². The zero-order valence-electron chi connectivity index (χ0n) is 19.8. The first kappa shape index (κ1) is 23.1. The molecule has 1 aliphatic carbocycles. The van der Waals surface area contributed by atoms with Gasteiger partial charge in [0, 0.05) is 22.9 Å². The third-order valence-electron chi connectivity index (χ3n) is 6.76. The van der Waals surface area contributed by atoms with Gasteiger partial charge in [0.05, 0.1) is 32.3 Å². The SMILES string of the molecule is COc1ccc(NS(=O)(=O)c2ccc3c(c2)[C@@H]2C=CC[C@@H]2[C@H](c2cccc(OC)c2OC)N3)cc1. The molecule has 2 aliphatic rings. The van der Waals surface area contributed by atoms with Gasteiger partial charge in [-0.05, 0) is 66.4 Å². The number of methoxy groups -OCH3 is 3. The maximum absolute atomic E-state index is 13.2. The van der Waals surface area contributed by atoms with Crippen molar-refractivity contribution in [1.29, 1.82) is 0 Å². The lowest BCUT2D eigenvalue weighted by Gasteiger charge is -2.38. The Morgan fingerprint density at radius 1 is 0.914 bits per heavy atom. The molecule has 0 radical (unpaired) electrons. The van der Waals surface area contributed by atoms with Gasteiger partial charge in [-0.25, -0.2) is 8.42 Å². The van der Waals surface area contributed by atoms with Crippen LogP contribution in [0, 0.1) is 5.92 Å². The third kappa shape index (κ3) is 4.18. The van der Waals surface area contributed by atoms with Crippen LogP contribution in [0.1, 0.15) is 29.5 Å². The smallest absolute Gasteiger partial charge is 0.261 e. The van der Waals surface area contributed by atoms with E-state index in [2.05, 4.69) is 28.3 Å². The molecule has 0 aromatic heterocycles. The van der Waals surface area contributed by atoms with Crippen LogP contribution in [0.2, 0.25) is 0 Å². The molecule has 0 fully saturated rings. The Hall–Kier alpha value is -3.65. The number of ether oxygens (including phenoxy) is 3. The molecule has 0 saturated heterocycles. The molecular formula is C27H28N2O5S. The molecule has 35 heavy (non-hydrogen) atoms. The summed E-state index contributed by atoms with van der Waals surface area (Å²) >= 11 is 0. The van der Waals surface area contributed by atoms with Crippen molar-refractivity contribution >= 4 is 21.4 Å². The maximum Gasteiger partial charge on any atom is 0.261 e. The predicted molar refractivity (Wildman–Crippen MR) is 136 cm³/mol. The highest BCUT2D eigenvalue weighted by atomic mass is 32.2. The molecule has 7 nitrogen and oxygen atoms in total. The highest BCUT2D eigenvalue weighted by Gasteiger charge is 2.40. The number of rotatable bonds is 7. The molecular weight excluding hydrogens is 464 g/mol. The van der Waals surface area contributed by atoms with E-state index in [1.807, 2.05) is 18.2 Å². The molecule has 0 bridgehead atoms. The quantitative estimate of drug-likeness (QED) is 0.433. The standard InChI is InChI=1S/C27H28N2O5S/c1-32-18-12-10-17(11-13-18)29-35(30,31)19-14-15-24-23(16-19)20-6-4-7-21(20)26(28-24)22-8-5-9-25(33-2)27(22)34-3/h4-6,8-16,20-21,26,28-29H,7H2,1-3H3/t20-,21+,26-/m1/s1. The van der Waals surface area contributed by atoms with E-state index in [0.717, 1.165) is 23.2 Å². The van der Waals surface area contributed by atoms with Crippen LogP contribution >= 0.6 is 0 Å². The lowest BCUT2D eigenvalue weighted by atomic mass is 9.77. The molecule has 3 aromatic rings. The van der Waals surface area contributed by atoms with Gasteiger partial charge in [0.15, 0.2) is 11.5 Å². The summed E-state index contributed by atoms with van der Waals surface area (Å²) in [5, 5.41) is 3.65. The van der Waals surface area contributed by atoms with Crippen LogP contribution in [0.3, 0.4) is 0 Å². The minimum absolute atomic E-state index is 0.00701. The second-order valence-electron chi connectivity index (χ2n) is 8.64. The molecule has 0 saturated carbocycles. The van der Waals surface area contributed by atoms with Gasteiger partial charge in [0.2, 0.25) is 0 Å². The van der Waals surface area contributed by atoms with E-state index in [9.17, 15) is 8.42 Å². The molecule has 1 aliphatic heterocycles. The molecule has 3 atom stereocenters. The van der Waals surface area contributed by atoms with Crippen molar-refractivity contribution in [1.82, 2.24) is 0 Å². The van der Waals surface area contributed by atoms with Crippen molar-refractivity contribution in [3.63, 3.8) is 0 Å². The van der Waals surface area contributed by atoms with Crippen LogP contribution < -0.4 is 24.2 Å². The van der Waals surface area contributed by atoms with E-state index in [1.54, 1.807) is 57.7 Å². The second kappa shape index (κ2) is 9.19. The molecule has 0 spiro atoms. The molecule has 182 valence electrons. The number of hydrogen-bond donors (Lipinski definition) is 2. The molecule has 0 amide bonds. The molecule has 1 heterocycles. The largest absolute Gasteiger partial charge is 0.497 e. The number of para-hydroxylation sites is 1. The molecule has 8 heteroatoms. The summed E-state index contributed by atoms with van der Waals surface area (Å²) in [6.45, 7) is 0. The first-order chi connectivity index (χ1) is 16.9. The molecule has 5 rings (SSSR count). The Morgan fingerprint density at radius 2 is 1.71 bits per heavy atom. The van der Waals surface area contributed by atoms with Crippen molar-refractivity contribution in [2.75, 3.05) is 31.4 Å². The van der Waals surface area contributed by atoms with Crippen molar-refractivity contribution in [3.05, 3.63) is 83.9 Å². The van der Waals surface area contributed by atoms with Gasteiger partial charge in [0.1, 0.15) is 5.75 Å². The van der Waals surface area contributed by atoms with E-state index in [1.165, 1.54) is 0 Å². The van der Waals surface area contributed by atoms with Crippen LogP contribution in [-0.2, 0) is 10.0 Å². The fourth-order valence-electron chi connectivity index (χ4n) is 5.08. The predicted octanol–water partition coefficient (Wildman–Crippen LogP) is 5.34. The second-order valence-corrected chi connectivity index (χ2v) is 10.3. The van der Waals surface area contributed by atoms with Gasteiger partial charge < -0.3 is 19.5 Å². The van der Waals surface area contributed by atoms with Gasteiger partial charge in [0.25, 0.3) is 10.0 Å². The Labute approximate surface area is 205 Å². The van der Waals surface area contributed by atoms with E-state index < -0.39 is 10.0 Å². The van der Waals surface area contributed by atoms with Crippen LogP contribution in [0.4, 0.5) is 11.4 Å². The Kier molecular flexibility index (Phi) is 6.06. The van der Waals surface area contributed by atoms with Crippen molar-refractivity contribution in [3.8, 4) is 17.2 Å². The number of fused-ring (bicyclic) bond motifs is 3.